The van der Waals surface area contributed by atoms with E-state index in [1.165, 1.54) is 6.33 Å². The highest BCUT2D eigenvalue weighted by molar-refractivity contribution is 5.96. The lowest BCUT2D eigenvalue weighted by molar-refractivity contribution is -0.116. The van der Waals surface area contributed by atoms with Crippen LogP contribution in [-0.2, 0) is 4.79 Å². The molecule has 0 saturated heterocycles. The van der Waals surface area contributed by atoms with Gasteiger partial charge in [-0.1, -0.05) is 0 Å². The summed E-state index contributed by atoms with van der Waals surface area (Å²) in [6.45, 7) is -0.237. The highest BCUT2D eigenvalue weighted by Gasteiger charge is 2.09. The molecular weight excluding hydrogens is 224 g/mol. The number of aliphatic hydroxyl groups excluding tert-OH is 1. The summed E-state index contributed by atoms with van der Waals surface area (Å²) in [5.41, 5.74) is 1.23. The fraction of sp³-hybridized carbons (Fsp3) is 0.200. The third kappa shape index (κ3) is 2.28. The summed E-state index contributed by atoms with van der Waals surface area (Å²) in [4.78, 5) is 32.8. The number of hydrogen-bond donors (Lipinski definition) is 3. The average molecular weight is 234 g/mol. The molecule has 0 spiro atoms. The molecule has 2 rings (SSSR count). The molecule has 0 aliphatic carbocycles. The molecule has 0 bridgehead atoms. The van der Waals surface area contributed by atoms with Crippen molar-refractivity contribution in [3.63, 3.8) is 0 Å². The van der Waals surface area contributed by atoms with Crippen molar-refractivity contribution in [1.29, 1.82) is 0 Å². The molecule has 0 aromatic carbocycles. The van der Waals surface area contributed by atoms with E-state index in [9.17, 15) is 9.59 Å². The second-order valence-electron chi connectivity index (χ2n) is 3.33. The zero-order chi connectivity index (χ0) is 12.3. The summed E-state index contributed by atoms with van der Waals surface area (Å²) in [7, 11) is 0. The van der Waals surface area contributed by atoms with Crippen LogP contribution in [0.4, 0.5) is 5.82 Å². The maximum Gasteiger partial charge on any atom is 0.227 e. The molecule has 1 amide bonds. The Morgan fingerprint density at radius 3 is 3.12 bits per heavy atom. The smallest absolute Gasteiger partial charge is 0.227 e. The Labute approximate surface area is 95.9 Å². The molecule has 0 radical (unpaired) electrons. The topological polar surface area (TPSA) is 108 Å². The molecule has 3 N–H and O–H groups in total. The van der Waals surface area contributed by atoms with Crippen LogP contribution in [0, 0.1) is 0 Å². The minimum absolute atomic E-state index is 0.0148. The first-order valence-electron chi connectivity index (χ1n) is 4.94. The molecule has 2 aromatic heterocycles. The molecule has 0 saturated carbocycles. The second kappa shape index (κ2) is 4.71. The monoisotopic (exact) mass is 234 g/mol. The van der Waals surface area contributed by atoms with Gasteiger partial charge in [-0.15, -0.1) is 0 Å². The molecule has 7 heteroatoms. The molecule has 2 heterocycles. The van der Waals surface area contributed by atoms with Crippen LogP contribution in [0.1, 0.15) is 16.9 Å². The van der Waals surface area contributed by atoms with Crippen molar-refractivity contribution in [2.24, 2.45) is 0 Å². The number of nitrogens with one attached hydrogen (secondary N) is 2. The van der Waals surface area contributed by atoms with E-state index >= 15 is 0 Å². The lowest BCUT2D eigenvalue weighted by atomic mass is 10.3. The number of amides is 1. The number of hydrogen-bond acceptors (Lipinski definition) is 5. The van der Waals surface area contributed by atoms with Crippen molar-refractivity contribution in [3.8, 4) is 0 Å². The first kappa shape index (κ1) is 11.2. The van der Waals surface area contributed by atoms with Gasteiger partial charge in [0.2, 0.25) is 5.91 Å². The number of aromatic amines is 1. The molecule has 0 atom stereocenters. The van der Waals surface area contributed by atoms with Gasteiger partial charge < -0.3 is 15.4 Å². The summed E-state index contributed by atoms with van der Waals surface area (Å²) < 4.78 is 0. The van der Waals surface area contributed by atoms with Crippen molar-refractivity contribution in [3.05, 3.63) is 18.1 Å². The standard InChI is InChI=1S/C10H10N4O3/c15-2-1-9(17)14-8-3-6-10(12-5-11-6)7(4-16)13-8/h3-5,15H,1-2H2,(H,11,12)(H,13,14,17). The summed E-state index contributed by atoms with van der Waals surface area (Å²) in [6.07, 6.45) is 2.00. The van der Waals surface area contributed by atoms with E-state index in [1.807, 2.05) is 0 Å². The number of aldehydes is 1. The predicted molar refractivity (Wildman–Crippen MR) is 59.6 cm³/mol. The predicted octanol–water partition coefficient (Wildman–Crippen LogP) is 0.0913. The number of fused-ring (bicyclic) bond motifs is 1. The maximum absolute atomic E-state index is 11.3. The van der Waals surface area contributed by atoms with E-state index in [-0.39, 0.29) is 30.4 Å². The number of rotatable bonds is 4. The van der Waals surface area contributed by atoms with Crippen LogP contribution >= 0.6 is 0 Å². The van der Waals surface area contributed by atoms with Crippen LogP contribution in [0.2, 0.25) is 0 Å². The van der Waals surface area contributed by atoms with Crippen molar-refractivity contribution < 1.29 is 14.7 Å². The maximum atomic E-state index is 11.3. The number of H-pyrrole nitrogens is 1. The molecule has 0 unspecified atom stereocenters. The highest BCUT2D eigenvalue weighted by atomic mass is 16.3. The Bertz CT molecular complexity index is 564. The Kier molecular flexibility index (Phi) is 3.10. The number of aliphatic hydroxyl groups is 1. The fourth-order valence-electron chi connectivity index (χ4n) is 1.42. The minimum Gasteiger partial charge on any atom is -0.396 e. The van der Waals surface area contributed by atoms with E-state index in [0.717, 1.165) is 0 Å². The van der Waals surface area contributed by atoms with Crippen molar-refractivity contribution in [2.45, 2.75) is 6.42 Å². The average Bonchev–Trinajstić information content (AvgIpc) is 2.76. The van der Waals surface area contributed by atoms with E-state index in [1.54, 1.807) is 6.07 Å². The van der Waals surface area contributed by atoms with E-state index < -0.39 is 0 Å². The lowest BCUT2D eigenvalue weighted by Gasteiger charge is -2.04. The molecule has 0 aliphatic rings. The van der Waals surface area contributed by atoms with E-state index in [2.05, 4.69) is 20.3 Å². The number of imidazole rings is 1. The van der Waals surface area contributed by atoms with Gasteiger partial charge in [-0.05, 0) is 0 Å². The molecule has 17 heavy (non-hydrogen) atoms. The van der Waals surface area contributed by atoms with Crippen LogP contribution in [0.3, 0.4) is 0 Å². The second-order valence-corrected chi connectivity index (χ2v) is 3.33. The van der Waals surface area contributed by atoms with Crippen LogP contribution in [-0.4, -0.2) is 38.9 Å². The zero-order valence-electron chi connectivity index (χ0n) is 8.80. The van der Waals surface area contributed by atoms with Gasteiger partial charge in [0, 0.05) is 6.07 Å². The Hall–Kier alpha value is -2.28. The molecular formula is C10H10N4O3. The van der Waals surface area contributed by atoms with Gasteiger partial charge >= 0.3 is 0 Å². The number of carbonyl (C=O) groups is 2. The van der Waals surface area contributed by atoms with Crippen LogP contribution < -0.4 is 5.32 Å². The molecule has 0 fully saturated rings. The summed E-state index contributed by atoms with van der Waals surface area (Å²) in [5.74, 6) is -0.113. The summed E-state index contributed by atoms with van der Waals surface area (Å²) >= 11 is 0. The van der Waals surface area contributed by atoms with Gasteiger partial charge in [0.1, 0.15) is 17.0 Å². The van der Waals surface area contributed by atoms with Gasteiger partial charge in [-0.25, -0.2) is 9.97 Å². The van der Waals surface area contributed by atoms with E-state index in [4.69, 9.17) is 5.11 Å². The molecule has 2 aromatic rings. The third-order valence-corrected chi connectivity index (χ3v) is 2.15. The zero-order valence-corrected chi connectivity index (χ0v) is 8.80. The SMILES string of the molecule is O=Cc1nc(NC(=O)CCO)cc2[nH]cnc12. The van der Waals surface area contributed by atoms with Gasteiger partial charge in [-0.2, -0.15) is 0 Å². The quantitative estimate of drug-likeness (QED) is 0.650. The Balaban J connectivity index is 2.34. The van der Waals surface area contributed by atoms with Crippen LogP contribution in [0.25, 0.3) is 11.0 Å². The summed E-state index contributed by atoms with van der Waals surface area (Å²) in [5, 5.41) is 11.1. The Morgan fingerprint density at radius 2 is 2.41 bits per heavy atom. The van der Waals surface area contributed by atoms with Crippen molar-refractivity contribution in [1.82, 2.24) is 15.0 Å². The number of nitrogens with zero attached hydrogens (tertiary/aromatic N) is 2. The fourth-order valence-corrected chi connectivity index (χ4v) is 1.42. The third-order valence-electron chi connectivity index (χ3n) is 2.15. The molecule has 7 nitrogen and oxygen atoms in total. The first-order chi connectivity index (χ1) is 8.24. The number of carbonyl (C=O) groups excluding carboxylic acids is 2. The number of anilines is 1. The van der Waals surface area contributed by atoms with Gasteiger partial charge in [-0.3, -0.25) is 9.59 Å². The van der Waals surface area contributed by atoms with Crippen LogP contribution in [0.15, 0.2) is 12.4 Å². The normalized spacial score (nSPS) is 10.4. The highest BCUT2D eigenvalue weighted by Crippen LogP contribution is 2.16. The molecule has 0 aliphatic heterocycles. The largest absolute Gasteiger partial charge is 0.396 e. The Morgan fingerprint density at radius 1 is 1.59 bits per heavy atom. The number of aromatic nitrogens is 3. The first-order valence-corrected chi connectivity index (χ1v) is 4.94. The van der Waals surface area contributed by atoms with Gasteiger partial charge in [0.25, 0.3) is 0 Å². The van der Waals surface area contributed by atoms with E-state index in [0.29, 0.717) is 17.3 Å². The van der Waals surface area contributed by atoms with Gasteiger partial charge in [0.15, 0.2) is 6.29 Å². The van der Waals surface area contributed by atoms with Crippen molar-refractivity contribution >= 4 is 29.0 Å². The number of pyridine rings is 1. The van der Waals surface area contributed by atoms with Crippen LogP contribution in [0.5, 0.6) is 0 Å². The minimum atomic E-state index is -0.365. The van der Waals surface area contributed by atoms with Crippen molar-refractivity contribution in [2.75, 3.05) is 11.9 Å². The van der Waals surface area contributed by atoms with Gasteiger partial charge in [0.05, 0.1) is 24.9 Å². The molecule has 88 valence electrons. The summed E-state index contributed by atoms with van der Waals surface area (Å²) in [6, 6.07) is 1.57. The lowest BCUT2D eigenvalue weighted by Crippen LogP contribution is -2.14.